The van der Waals surface area contributed by atoms with Crippen molar-refractivity contribution in [3.8, 4) is 6.07 Å². The van der Waals surface area contributed by atoms with Gasteiger partial charge in [-0.05, 0) is 6.42 Å². The van der Waals surface area contributed by atoms with Crippen LogP contribution in [0.25, 0.3) is 0 Å². The molecule has 7 heteroatoms. The zero-order valence-electron chi connectivity index (χ0n) is 8.90. The maximum Gasteiger partial charge on any atom is 0.328 e. The number of hydrogen-bond acceptors (Lipinski definition) is 4. The number of hydrogen-bond donors (Lipinski definition) is 2. The SMILES string of the molecule is N#Cc1cn(CC2CCC(=O)N2)c(=O)[nH]c1=O. The molecule has 0 saturated carbocycles. The quantitative estimate of drug-likeness (QED) is 0.662. The summed E-state index contributed by atoms with van der Waals surface area (Å²) in [4.78, 5) is 35.7. The van der Waals surface area contributed by atoms with Crippen molar-refractivity contribution in [1.82, 2.24) is 14.9 Å². The predicted molar refractivity (Wildman–Crippen MR) is 57.2 cm³/mol. The largest absolute Gasteiger partial charge is 0.352 e. The number of nitriles is 1. The minimum Gasteiger partial charge on any atom is -0.352 e. The summed E-state index contributed by atoms with van der Waals surface area (Å²) in [7, 11) is 0. The number of amides is 1. The third kappa shape index (κ3) is 2.25. The maximum atomic E-state index is 11.5. The first-order chi connectivity index (χ1) is 8.10. The molecule has 2 N–H and O–H groups in total. The van der Waals surface area contributed by atoms with E-state index in [4.69, 9.17) is 5.26 Å². The first kappa shape index (κ1) is 11.1. The molecule has 0 bridgehead atoms. The van der Waals surface area contributed by atoms with Gasteiger partial charge in [0.25, 0.3) is 5.56 Å². The summed E-state index contributed by atoms with van der Waals surface area (Å²) in [5.74, 6) is -0.0482. The fraction of sp³-hybridized carbons (Fsp3) is 0.400. The maximum absolute atomic E-state index is 11.5. The molecule has 0 spiro atoms. The number of aromatic nitrogens is 2. The molecule has 0 radical (unpaired) electrons. The lowest BCUT2D eigenvalue weighted by atomic mass is 10.2. The summed E-state index contributed by atoms with van der Waals surface area (Å²) in [6.07, 6.45) is 2.30. The normalized spacial score (nSPS) is 18.8. The van der Waals surface area contributed by atoms with Gasteiger partial charge in [0.1, 0.15) is 11.6 Å². The highest BCUT2D eigenvalue weighted by atomic mass is 16.2. The van der Waals surface area contributed by atoms with Crippen molar-refractivity contribution < 1.29 is 4.79 Å². The monoisotopic (exact) mass is 234 g/mol. The van der Waals surface area contributed by atoms with Gasteiger partial charge in [-0.15, -0.1) is 0 Å². The van der Waals surface area contributed by atoms with E-state index >= 15 is 0 Å². The van der Waals surface area contributed by atoms with Crippen LogP contribution in [0.2, 0.25) is 0 Å². The van der Waals surface area contributed by atoms with E-state index in [1.807, 2.05) is 0 Å². The lowest BCUT2D eigenvalue weighted by Crippen LogP contribution is -2.37. The van der Waals surface area contributed by atoms with Gasteiger partial charge in [-0.2, -0.15) is 5.26 Å². The molecule has 88 valence electrons. The number of aromatic amines is 1. The Labute approximate surface area is 95.7 Å². The zero-order valence-corrected chi connectivity index (χ0v) is 8.90. The zero-order chi connectivity index (χ0) is 12.4. The number of nitrogens with zero attached hydrogens (tertiary/aromatic N) is 2. The third-order valence-electron chi connectivity index (χ3n) is 2.63. The molecule has 2 rings (SSSR count). The first-order valence-electron chi connectivity index (χ1n) is 5.13. The molecular formula is C10H10N4O3. The highest BCUT2D eigenvalue weighted by Gasteiger charge is 2.21. The van der Waals surface area contributed by atoms with Crippen LogP contribution in [0.4, 0.5) is 0 Å². The van der Waals surface area contributed by atoms with E-state index in [1.165, 1.54) is 10.8 Å². The molecule has 1 unspecified atom stereocenters. The summed E-state index contributed by atoms with van der Waals surface area (Å²) >= 11 is 0. The Hall–Kier alpha value is -2.36. The van der Waals surface area contributed by atoms with Gasteiger partial charge in [0, 0.05) is 25.2 Å². The lowest BCUT2D eigenvalue weighted by Gasteiger charge is -2.11. The number of carbonyl (C=O) groups excluding carboxylic acids is 1. The van der Waals surface area contributed by atoms with E-state index in [1.54, 1.807) is 6.07 Å². The van der Waals surface area contributed by atoms with Crippen molar-refractivity contribution >= 4 is 5.91 Å². The van der Waals surface area contributed by atoms with Crippen molar-refractivity contribution in [3.05, 3.63) is 32.6 Å². The fourth-order valence-corrected chi connectivity index (χ4v) is 1.78. The van der Waals surface area contributed by atoms with Crippen LogP contribution in [0.3, 0.4) is 0 Å². The number of nitrogens with one attached hydrogen (secondary N) is 2. The first-order valence-corrected chi connectivity index (χ1v) is 5.13. The third-order valence-corrected chi connectivity index (χ3v) is 2.63. The minimum absolute atomic E-state index is 0.0482. The summed E-state index contributed by atoms with van der Waals surface area (Å²) in [5.41, 5.74) is -1.38. The van der Waals surface area contributed by atoms with Gasteiger partial charge in [-0.25, -0.2) is 4.79 Å². The van der Waals surface area contributed by atoms with E-state index in [0.29, 0.717) is 12.8 Å². The van der Waals surface area contributed by atoms with Crippen molar-refractivity contribution in [3.63, 3.8) is 0 Å². The second kappa shape index (κ2) is 4.25. The number of rotatable bonds is 2. The van der Waals surface area contributed by atoms with Crippen molar-refractivity contribution in [2.45, 2.75) is 25.4 Å². The molecule has 1 amide bonds. The van der Waals surface area contributed by atoms with Crippen LogP contribution in [0.1, 0.15) is 18.4 Å². The minimum atomic E-state index is -0.691. The number of H-pyrrole nitrogens is 1. The Morgan fingerprint density at radius 3 is 2.82 bits per heavy atom. The molecule has 1 saturated heterocycles. The average Bonchev–Trinajstić information content (AvgIpc) is 2.68. The van der Waals surface area contributed by atoms with Crippen LogP contribution in [-0.2, 0) is 11.3 Å². The summed E-state index contributed by atoms with van der Waals surface area (Å²) in [5, 5.41) is 11.4. The standard InChI is InChI=1S/C10H10N4O3/c11-3-6-4-14(10(17)13-9(6)16)5-7-1-2-8(15)12-7/h4,7H,1-2,5H2,(H,12,15)(H,13,16,17). The summed E-state index contributed by atoms with van der Waals surface area (Å²) < 4.78 is 1.23. The Kier molecular flexibility index (Phi) is 2.78. The molecule has 7 nitrogen and oxygen atoms in total. The van der Waals surface area contributed by atoms with Gasteiger partial charge in [-0.1, -0.05) is 0 Å². The molecule has 1 aliphatic heterocycles. The van der Waals surface area contributed by atoms with E-state index in [2.05, 4.69) is 10.3 Å². The van der Waals surface area contributed by atoms with Crippen molar-refractivity contribution in [1.29, 1.82) is 5.26 Å². The van der Waals surface area contributed by atoms with Crippen LogP contribution < -0.4 is 16.6 Å². The van der Waals surface area contributed by atoms with Gasteiger partial charge in [0.2, 0.25) is 5.91 Å². The second-order valence-electron chi connectivity index (χ2n) is 3.87. The smallest absolute Gasteiger partial charge is 0.328 e. The molecule has 1 atom stereocenters. The molecular weight excluding hydrogens is 224 g/mol. The molecule has 1 aromatic rings. The topological polar surface area (TPSA) is 108 Å². The van der Waals surface area contributed by atoms with Crippen LogP contribution in [-0.4, -0.2) is 21.5 Å². The number of carbonyl (C=O) groups is 1. The van der Waals surface area contributed by atoms with E-state index in [9.17, 15) is 14.4 Å². The van der Waals surface area contributed by atoms with Crippen LogP contribution in [0.5, 0.6) is 0 Å². The Morgan fingerprint density at radius 2 is 2.24 bits per heavy atom. The summed E-state index contributed by atoms with van der Waals surface area (Å²) in [6, 6.07) is 1.58. The highest BCUT2D eigenvalue weighted by molar-refractivity contribution is 5.78. The van der Waals surface area contributed by atoms with Gasteiger partial charge in [0.05, 0.1) is 0 Å². The summed E-state index contributed by atoms with van der Waals surface area (Å²) in [6.45, 7) is 0.260. The molecule has 2 heterocycles. The molecule has 0 aromatic carbocycles. The highest BCUT2D eigenvalue weighted by Crippen LogP contribution is 2.07. The molecule has 1 aliphatic rings. The second-order valence-corrected chi connectivity index (χ2v) is 3.87. The van der Waals surface area contributed by atoms with Crippen LogP contribution in [0, 0.1) is 11.3 Å². The average molecular weight is 234 g/mol. The molecule has 1 aromatic heterocycles. The van der Waals surface area contributed by atoms with Gasteiger partial charge >= 0.3 is 5.69 Å². The van der Waals surface area contributed by atoms with E-state index < -0.39 is 11.2 Å². The Morgan fingerprint density at radius 1 is 1.47 bits per heavy atom. The fourth-order valence-electron chi connectivity index (χ4n) is 1.78. The van der Waals surface area contributed by atoms with Gasteiger partial charge < -0.3 is 5.32 Å². The van der Waals surface area contributed by atoms with Crippen LogP contribution >= 0.6 is 0 Å². The van der Waals surface area contributed by atoms with Gasteiger partial charge in [-0.3, -0.25) is 19.1 Å². The predicted octanol–water partition coefficient (Wildman–Crippen LogP) is -1.31. The van der Waals surface area contributed by atoms with E-state index in [0.717, 1.165) is 0 Å². The molecule has 17 heavy (non-hydrogen) atoms. The molecule has 1 fully saturated rings. The van der Waals surface area contributed by atoms with E-state index in [-0.39, 0.29) is 24.1 Å². The van der Waals surface area contributed by atoms with Gasteiger partial charge in [0.15, 0.2) is 0 Å². The lowest BCUT2D eigenvalue weighted by molar-refractivity contribution is -0.119. The van der Waals surface area contributed by atoms with Crippen molar-refractivity contribution in [2.75, 3.05) is 0 Å². The van der Waals surface area contributed by atoms with Crippen molar-refractivity contribution in [2.24, 2.45) is 0 Å². The Balaban J connectivity index is 2.28. The van der Waals surface area contributed by atoms with Crippen LogP contribution in [0.15, 0.2) is 15.8 Å². The Bertz CT molecular complexity index is 607. The molecule has 0 aliphatic carbocycles.